The van der Waals surface area contributed by atoms with Gasteiger partial charge in [0.15, 0.2) is 0 Å². The van der Waals surface area contributed by atoms with Crippen LogP contribution in [0.5, 0.6) is 5.75 Å². The van der Waals surface area contributed by atoms with E-state index in [1.165, 1.54) is 6.07 Å². The summed E-state index contributed by atoms with van der Waals surface area (Å²) in [6, 6.07) is 8.38. The molecule has 2 heterocycles. The molecule has 0 radical (unpaired) electrons. The van der Waals surface area contributed by atoms with Gasteiger partial charge in [-0.15, -0.1) is 0 Å². The summed E-state index contributed by atoms with van der Waals surface area (Å²) in [6.07, 6.45) is 3.74. The lowest BCUT2D eigenvalue weighted by atomic mass is 10.1. The Kier molecular flexibility index (Phi) is 5.00. The number of carbonyl (C=O) groups excluding carboxylic acids is 1. The van der Waals surface area contributed by atoms with Crippen LogP contribution in [0.4, 0.5) is 0 Å². The highest BCUT2D eigenvalue weighted by atomic mass is 16.5. The molecule has 1 aliphatic heterocycles. The van der Waals surface area contributed by atoms with Gasteiger partial charge in [0.1, 0.15) is 24.0 Å². The fourth-order valence-corrected chi connectivity index (χ4v) is 2.57. The molecule has 1 aliphatic rings. The van der Waals surface area contributed by atoms with Crippen LogP contribution in [-0.4, -0.2) is 30.4 Å². The summed E-state index contributed by atoms with van der Waals surface area (Å²) in [5, 5.41) is 9.84. The summed E-state index contributed by atoms with van der Waals surface area (Å²) in [5.41, 5.74) is 1.37. The normalized spacial score (nSPS) is 17.5. The largest absolute Gasteiger partial charge is 0.489 e. The van der Waals surface area contributed by atoms with Crippen LogP contribution in [0, 0.1) is 0 Å². The minimum Gasteiger partial charge on any atom is -0.489 e. The van der Waals surface area contributed by atoms with E-state index in [1.807, 2.05) is 19.1 Å². The predicted octanol–water partition coefficient (Wildman–Crippen LogP) is 2.35. The number of hydrogen-bond donors (Lipinski definition) is 1. The summed E-state index contributed by atoms with van der Waals surface area (Å²) in [7, 11) is 0. The number of aliphatic hydroxyl groups is 1. The Bertz CT molecular complexity index is 906. The number of carbonyl (C=O) groups is 1. The minimum absolute atomic E-state index is 0.298. The van der Waals surface area contributed by atoms with Gasteiger partial charge in [0.25, 0.3) is 0 Å². The number of esters is 1. The monoisotopic (exact) mass is 342 g/mol. The van der Waals surface area contributed by atoms with Gasteiger partial charge >= 0.3 is 11.6 Å². The van der Waals surface area contributed by atoms with E-state index in [4.69, 9.17) is 19.0 Å². The number of rotatable bonds is 6. The van der Waals surface area contributed by atoms with Gasteiger partial charge < -0.3 is 19.0 Å². The van der Waals surface area contributed by atoms with E-state index in [0.29, 0.717) is 29.9 Å². The first-order chi connectivity index (χ1) is 12.0. The molecule has 0 amide bonds. The zero-order valence-electron chi connectivity index (χ0n) is 13.7. The highest BCUT2D eigenvalue weighted by molar-refractivity contribution is 5.91. The number of hydrogen-bond acceptors (Lipinski definition) is 6. The van der Waals surface area contributed by atoms with Crippen molar-refractivity contribution in [2.75, 3.05) is 13.2 Å². The SMILES string of the molecule is C/C(=C\COc1ccc2ccc(=O)oc2c1)CC1C=C(CO)C(=O)O1. The second-order valence-electron chi connectivity index (χ2n) is 5.81. The van der Waals surface area contributed by atoms with E-state index in [9.17, 15) is 9.59 Å². The molecule has 6 heteroatoms. The Morgan fingerprint density at radius 3 is 2.84 bits per heavy atom. The third kappa shape index (κ3) is 4.16. The van der Waals surface area contributed by atoms with E-state index >= 15 is 0 Å². The maximum absolute atomic E-state index is 11.4. The number of cyclic esters (lactones) is 1. The molecular formula is C19H18O6. The number of aliphatic hydroxyl groups excluding tert-OH is 1. The summed E-state index contributed by atoms with van der Waals surface area (Å²) in [4.78, 5) is 22.7. The van der Waals surface area contributed by atoms with Crippen LogP contribution in [0.15, 0.2) is 62.8 Å². The number of benzene rings is 1. The predicted molar refractivity (Wildman–Crippen MR) is 91.4 cm³/mol. The van der Waals surface area contributed by atoms with Gasteiger partial charge in [0.05, 0.1) is 12.2 Å². The summed E-state index contributed by atoms with van der Waals surface area (Å²) < 4.78 is 15.9. The van der Waals surface area contributed by atoms with Gasteiger partial charge in [-0.2, -0.15) is 0 Å². The Hall–Kier alpha value is -2.86. The maximum atomic E-state index is 11.4. The quantitative estimate of drug-likeness (QED) is 0.493. The minimum atomic E-state index is -0.464. The van der Waals surface area contributed by atoms with Gasteiger partial charge in [-0.25, -0.2) is 9.59 Å². The molecule has 1 aromatic heterocycles. The van der Waals surface area contributed by atoms with Crippen molar-refractivity contribution in [1.29, 1.82) is 0 Å². The average molecular weight is 342 g/mol. The van der Waals surface area contributed by atoms with E-state index in [1.54, 1.807) is 24.3 Å². The van der Waals surface area contributed by atoms with Crippen molar-refractivity contribution in [1.82, 2.24) is 0 Å². The van der Waals surface area contributed by atoms with Gasteiger partial charge in [-0.3, -0.25) is 0 Å². The molecule has 25 heavy (non-hydrogen) atoms. The van der Waals surface area contributed by atoms with Gasteiger partial charge in [0.2, 0.25) is 0 Å². The first-order valence-electron chi connectivity index (χ1n) is 7.90. The first-order valence-corrected chi connectivity index (χ1v) is 7.90. The van der Waals surface area contributed by atoms with E-state index < -0.39 is 11.6 Å². The lowest BCUT2D eigenvalue weighted by Gasteiger charge is -2.09. The number of fused-ring (bicyclic) bond motifs is 1. The van der Waals surface area contributed by atoms with Crippen LogP contribution in [-0.2, 0) is 9.53 Å². The number of ether oxygens (including phenoxy) is 2. The first kappa shape index (κ1) is 17.0. The fourth-order valence-electron chi connectivity index (χ4n) is 2.57. The molecule has 130 valence electrons. The van der Waals surface area contributed by atoms with Crippen LogP contribution >= 0.6 is 0 Å². The molecule has 6 nitrogen and oxygen atoms in total. The van der Waals surface area contributed by atoms with Crippen molar-refractivity contribution in [3.05, 3.63) is 64.1 Å². The van der Waals surface area contributed by atoms with E-state index in [-0.39, 0.29) is 12.7 Å². The second-order valence-corrected chi connectivity index (χ2v) is 5.81. The molecule has 3 rings (SSSR count). The zero-order valence-corrected chi connectivity index (χ0v) is 13.7. The second kappa shape index (κ2) is 7.36. The molecule has 1 atom stereocenters. The third-order valence-electron chi connectivity index (χ3n) is 3.88. The van der Waals surface area contributed by atoms with Crippen molar-refractivity contribution < 1.29 is 23.8 Å². The highest BCUT2D eigenvalue weighted by Gasteiger charge is 2.24. The van der Waals surface area contributed by atoms with Crippen molar-refractivity contribution >= 4 is 16.9 Å². The van der Waals surface area contributed by atoms with Crippen LogP contribution < -0.4 is 10.4 Å². The zero-order chi connectivity index (χ0) is 17.8. The van der Waals surface area contributed by atoms with Crippen molar-refractivity contribution in [3.63, 3.8) is 0 Å². The average Bonchev–Trinajstić information content (AvgIpc) is 2.93. The standard InChI is InChI=1S/C19H18O6/c1-12(8-16-9-14(11-20)19(22)24-16)6-7-23-15-4-2-13-3-5-18(21)25-17(13)10-15/h2-6,9-10,16,20H,7-8,11H2,1H3/b12-6+. The Morgan fingerprint density at radius 1 is 1.28 bits per heavy atom. The van der Waals surface area contributed by atoms with Crippen molar-refractivity contribution in [2.24, 2.45) is 0 Å². The van der Waals surface area contributed by atoms with Gasteiger partial charge in [-0.1, -0.05) is 5.57 Å². The van der Waals surface area contributed by atoms with Gasteiger partial charge in [0, 0.05) is 23.9 Å². The lowest BCUT2D eigenvalue weighted by Crippen LogP contribution is -2.09. The molecule has 0 aliphatic carbocycles. The molecule has 0 fully saturated rings. The summed E-state index contributed by atoms with van der Waals surface area (Å²) in [5.74, 6) is 0.134. The molecule has 0 bridgehead atoms. The molecule has 1 N–H and O–H groups in total. The van der Waals surface area contributed by atoms with Crippen LogP contribution in [0.3, 0.4) is 0 Å². The maximum Gasteiger partial charge on any atom is 0.336 e. The molecular weight excluding hydrogens is 324 g/mol. The summed E-state index contributed by atoms with van der Waals surface area (Å²) >= 11 is 0. The summed E-state index contributed by atoms with van der Waals surface area (Å²) in [6.45, 7) is 1.95. The Morgan fingerprint density at radius 2 is 2.08 bits per heavy atom. The van der Waals surface area contributed by atoms with Crippen LogP contribution in [0.2, 0.25) is 0 Å². The molecule has 0 saturated heterocycles. The smallest absolute Gasteiger partial charge is 0.336 e. The molecule has 1 unspecified atom stereocenters. The Labute approximate surface area is 144 Å². The van der Waals surface area contributed by atoms with Crippen molar-refractivity contribution in [3.8, 4) is 5.75 Å². The van der Waals surface area contributed by atoms with Crippen LogP contribution in [0.1, 0.15) is 13.3 Å². The van der Waals surface area contributed by atoms with E-state index in [2.05, 4.69) is 0 Å². The lowest BCUT2D eigenvalue weighted by molar-refractivity contribution is -0.139. The molecule has 1 aromatic carbocycles. The molecule has 0 spiro atoms. The van der Waals surface area contributed by atoms with Crippen molar-refractivity contribution in [2.45, 2.75) is 19.4 Å². The van der Waals surface area contributed by atoms with Gasteiger partial charge in [-0.05, 0) is 37.3 Å². The molecule has 0 saturated carbocycles. The van der Waals surface area contributed by atoms with Crippen LogP contribution in [0.25, 0.3) is 11.0 Å². The van der Waals surface area contributed by atoms with E-state index in [0.717, 1.165) is 11.0 Å². The fraction of sp³-hybridized carbons (Fsp3) is 0.263. The third-order valence-corrected chi connectivity index (χ3v) is 3.88. The Balaban J connectivity index is 1.58. The topological polar surface area (TPSA) is 86.0 Å². The highest BCUT2D eigenvalue weighted by Crippen LogP contribution is 2.21. The molecule has 2 aromatic rings.